The summed E-state index contributed by atoms with van der Waals surface area (Å²) < 4.78 is 3.04. The van der Waals surface area contributed by atoms with E-state index >= 15 is 0 Å². The van der Waals surface area contributed by atoms with Crippen molar-refractivity contribution in [3.8, 4) is 0 Å². The Morgan fingerprint density at radius 1 is 1.33 bits per heavy atom. The van der Waals surface area contributed by atoms with Gasteiger partial charge in [-0.15, -0.1) is 11.3 Å². The number of likely N-dealkylation sites (tertiary alicyclic amines) is 1. The molecule has 0 saturated carbocycles. The fraction of sp³-hybridized carbons (Fsp3) is 0.450. The molecule has 3 heterocycles. The number of nitrogens with zero attached hydrogens (tertiary/aromatic N) is 4. The minimum absolute atomic E-state index is 0.0270. The number of hydrogen-bond acceptors (Lipinski definition) is 5. The van der Waals surface area contributed by atoms with Crippen LogP contribution in [0.25, 0.3) is 10.2 Å². The number of amides is 1. The third-order valence-electron chi connectivity index (χ3n) is 5.31. The number of benzene rings is 1. The van der Waals surface area contributed by atoms with Crippen LogP contribution in [0.2, 0.25) is 0 Å². The number of aromatic nitrogens is 3. The van der Waals surface area contributed by atoms with E-state index in [1.807, 2.05) is 27.0 Å². The summed E-state index contributed by atoms with van der Waals surface area (Å²) in [6.07, 6.45) is 2.23. The molecule has 2 aromatic heterocycles. The SMILES string of the molecule is Cc1nn(C)c(C)c1NC(=O)CN1CCC[C@H](c2nc3ccccc3s2)C1. The molecule has 0 spiro atoms. The highest BCUT2D eigenvalue weighted by molar-refractivity contribution is 7.18. The number of nitrogens with one attached hydrogen (secondary N) is 1. The van der Waals surface area contributed by atoms with Crippen LogP contribution in [0.15, 0.2) is 24.3 Å². The van der Waals surface area contributed by atoms with Crippen molar-refractivity contribution < 1.29 is 4.79 Å². The zero-order valence-electron chi connectivity index (χ0n) is 16.0. The van der Waals surface area contributed by atoms with Crippen LogP contribution in [-0.4, -0.2) is 45.2 Å². The van der Waals surface area contributed by atoms with Crippen LogP contribution in [-0.2, 0) is 11.8 Å². The van der Waals surface area contributed by atoms with Crippen LogP contribution in [0.5, 0.6) is 0 Å². The van der Waals surface area contributed by atoms with Crippen molar-refractivity contribution in [1.82, 2.24) is 19.7 Å². The molecule has 0 bridgehead atoms. The largest absolute Gasteiger partial charge is 0.322 e. The number of fused-ring (bicyclic) bond motifs is 1. The van der Waals surface area contributed by atoms with E-state index in [1.54, 1.807) is 16.0 Å². The molecule has 7 heteroatoms. The molecule has 0 aliphatic carbocycles. The number of piperidine rings is 1. The second kappa shape index (κ2) is 7.40. The fourth-order valence-corrected chi connectivity index (χ4v) is 4.90. The number of rotatable bonds is 4. The highest BCUT2D eigenvalue weighted by Gasteiger charge is 2.25. The van der Waals surface area contributed by atoms with Gasteiger partial charge in [0.2, 0.25) is 5.91 Å². The van der Waals surface area contributed by atoms with Crippen molar-refractivity contribution in [3.05, 3.63) is 40.7 Å². The molecule has 1 amide bonds. The molecular formula is C20H25N5OS. The summed E-state index contributed by atoms with van der Waals surface area (Å²) in [6.45, 7) is 6.15. The Labute approximate surface area is 163 Å². The van der Waals surface area contributed by atoms with Crippen LogP contribution >= 0.6 is 11.3 Å². The molecule has 6 nitrogen and oxygen atoms in total. The maximum atomic E-state index is 12.6. The van der Waals surface area contributed by atoms with Crippen molar-refractivity contribution in [3.63, 3.8) is 0 Å². The van der Waals surface area contributed by atoms with Gasteiger partial charge < -0.3 is 5.32 Å². The molecule has 27 heavy (non-hydrogen) atoms. The Bertz CT molecular complexity index is 943. The molecule has 3 aromatic rings. The van der Waals surface area contributed by atoms with Crippen LogP contribution in [0.1, 0.15) is 35.2 Å². The monoisotopic (exact) mass is 383 g/mol. The summed E-state index contributed by atoms with van der Waals surface area (Å²) in [6, 6.07) is 8.29. The third kappa shape index (κ3) is 3.75. The molecule has 1 aliphatic rings. The topological polar surface area (TPSA) is 63.1 Å². The van der Waals surface area contributed by atoms with Gasteiger partial charge in [-0.3, -0.25) is 14.4 Å². The van der Waals surface area contributed by atoms with Crippen molar-refractivity contribution >= 4 is 33.1 Å². The second-order valence-electron chi connectivity index (χ2n) is 7.31. The first-order valence-electron chi connectivity index (χ1n) is 9.39. The molecule has 142 valence electrons. The number of anilines is 1. The minimum Gasteiger partial charge on any atom is -0.322 e. The lowest BCUT2D eigenvalue weighted by Crippen LogP contribution is -2.39. The molecule has 0 radical (unpaired) electrons. The van der Waals surface area contributed by atoms with E-state index in [0.29, 0.717) is 12.5 Å². The van der Waals surface area contributed by atoms with Gasteiger partial charge in [0.1, 0.15) is 0 Å². The summed E-state index contributed by atoms with van der Waals surface area (Å²) in [5.41, 5.74) is 3.75. The first-order chi connectivity index (χ1) is 13.0. The Morgan fingerprint density at radius 2 is 2.15 bits per heavy atom. The van der Waals surface area contributed by atoms with Gasteiger partial charge in [0.25, 0.3) is 0 Å². The molecular weight excluding hydrogens is 358 g/mol. The predicted octanol–water partition coefficient (Wildman–Crippen LogP) is 3.46. The lowest BCUT2D eigenvalue weighted by Gasteiger charge is -2.31. The number of para-hydroxylation sites is 1. The molecule has 4 rings (SSSR count). The number of aryl methyl sites for hydroxylation is 2. The lowest BCUT2D eigenvalue weighted by molar-refractivity contribution is -0.117. The van der Waals surface area contributed by atoms with Crippen molar-refractivity contribution in [2.45, 2.75) is 32.6 Å². The summed E-state index contributed by atoms with van der Waals surface area (Å²) >= 11 is 1.78. The van der Waals surface area contributed by atoms with E-state index in [2.05, 4.69) is 33.5 Å². The highest BCUT2D eigenvalue weighted by Crippen LogP contribution is 2.32. The average molecular weight is 384 g/mol. The van der Waals surface area contributed by atoms with Crippen LogP contribution in [0, 0.1) is 13.8 Å². The zero-order valence-corrected chi connectivity index (χ0v) is 16.8. The normalized spacial score (nSPS) is 18.1. The first kappa shape index (κ1) is 18.1. The molecule has 1 aromatic carbocycles. The van der Waals surface area contributed by atoms with Gasteiger partial charge in [0.15, 0.2) is 0 Å². The molecule has 1 fully saturated rings. The summed E-state index contributed by atoms with van der Waals surface area (Å²) in [5.74, 6) is 0.435. The second-order valence-corrected chi connectivity index (χ2v) is 8.37. The van der Waals surface area contributed by atoms with Crippen molar-refractivity contribution in [2.75, 3.05) is 25.0 Å². The average Bonchev–Trinajstić information content (AvgIpc) is 3.19. The van der Waals surface area contributed by atoms with E-state index < -0.39 is 0 Å². The molecule has 0 unspecified atom stereocenters. The minimum atomic E-state index is 0.0270. The van der Waals surface area contributed by atoms with E-state index in [4.69, 9.17) is 4.98 Å². The number of carbonyl (C=O) groups excluding carboxylic acids is 1. The third-order valence-corrected chi connectivity index (χ3v) is 6.50. The standard InChI is InChI=1S/C20H25N5OS/c1-13-19(14(2)24(3)23-13)22-18(26)12-25-10-6-7-15(11-25)20-21-16-8-4-5-9-17(16)27-20/h4-5,8-9,15H,6-7,10-12H2,1-3H3,(H,22,26)/t15-/m0/s1. The number of thiazole rings is 1. The summed E-state index contributed by atoms with van der Waals surface area (Å²) in [7, 11) is 1.89. The Morgan fingerprint density at radius 3 is 2.89 bits per heavy atom. The van der Waals surface area contributed by atoms with Gasteiger partial charge >= 0.3 is 0 Å². The van der Waals surface area contributed by atoms with E-state index in [-0.39, 0.29) is 5.91 Å². The Kier molecular flexibility index (Phi) is 4.97. The van der Waals surface area contributed by atoms with Gasteiger partial charge in [-0.1, -0.05) is 12.1 Å². The molecule has 1 saturated heterocycles. The van der Waals surface area contributed by atoms with E-state index in [9.17, 15) is 4.79 Å². The maximum absolute atomic E-state index is 12.6. The molecule has 1 atom stereocenters. The highest BCUT2D eigenvalue weighted by atomic mass is 32.1. The summed E-state index contributed by atoms with van der Waals surface area (Å²) in [4.78, 5) is 19.6. The van der Waals surface area contributed by atoms with Gasteiger partial charge in [0, 0.05) is 19.5 Å². The van der Waals surface area contributed by atoms with Crippen molar-refractivity contribution in [2.24, 2.45) is 7.05 Å². The maximum Gasteiger partial charge on any atom is 0.238 e. The molecule has 1 N–H and O–H groups in total. The summed E-state index contributed by atoms with van der Waals surface area (Å²) in [5, 5.41) is 8.60. The predicted molar refractivity (Wildman–Crippen MR) is 109 cm³/mol. The Balaban J connectivity index is 1.41. The van der Waals surface area contributed by atoms with Crippen LogP contribution in [0.4, 0.5) is 5.69 Å². The quantitative estimate of drug-likeness (QED) is 0.749. The van der Waals surface area contributed by atoms with Gasteiger partial charge in [-0.05, 0) is 45.4 Å². The number of carbonyl (C=O) groups is 1. The fourth-order valence-electron chi connectivity index (χ4n) is 3.80. The van der Waals surface area contributed by atoms with Gasteiger partial charge in [-0.25, -0.2) is 4.98 Å². The van der Waals surface area contributed by atoms with Gasteiger partial charge in [0.05, 0.1) is 38.8 Å². The number of hydrogen-bond donors (Lipinski definition) is 1. The van der Waals surface area contributed by atoms with E-state index in [0.717, 1.165) is 48.5 Å². The first-order valence-corrected chi connectivity index (χ1v) is 10.2. The molecule has 1 aliphatic heterocycles. The lowest BCUT2D eigenvalue weighted by atomic mass is 9.99. The van der Waals surface area contributed by atoms with Gasteiger partial charge in [-0.2, -0.15) is 5.10 Å². The van der Waals surface area contributed by atoms with Crippen molar-refractivity contribution in [1.29, 1.82) is 0 Å². The van der Waals surface area contributed by atoms with E-state index in [1.165, 1.54) is 9.71 Å². The Hall–Kier alpha value is -2.25. The van der Waals surface area contributed by atoms with Crippen LogP contribution < -0.4 is 5.32 Å². The van der Waals surface area contributed by atoms with Crippen LogP contribution in [0.3, 0.4) is 0 Å². The smallest absolute Gasteiger partial charge is 0.238 e. The zero-order chi connectivity index (χ0) is 19.0.